The van der Waals surface area contributed by atoms with E-state index in [-0.39, 0.29) is 18.1 Å². The summed E-state index contributed by atoms with van der Waals surface area (Å²) in [4.78, 5) is 4.44. The molecule has 0 spiro atoms. The van der Waals surface area contributed by atoms with Crippen molar-refractivity contribution in [1.29, 1.82) is 0 Å². The Morgan fingerprint density at radius 1 is 1.35 bits per heavy atom. The molecule has 0 radical (unpaired) electrons. The van der Waals surface area contributed by atoms with Crippen LogP contribution < -0.4 is 10.7 Å². The zero-order chi connectivity index (χ0) is 17.9. The van der Waals surface area contributed by atoms with Gasteiger partial charge in [0, 0.05) is 30.8 Å². The number of dihydropyridines is 1. The zero-order valence-corrected chi connectivity index (χ0v) is 15.3. The van der Waals surface area contributed by atoms with Gasteiger partial charge in [0.15, 0.2) is 0 Å². The number of nitrogens with zero attached hydrogens (tertiary/aromatic N) is 3. The number of rotatable bonds is 6. The predicted molar refractivity (Wildman–Crippen MR) is 106 cm³/mol. The Hall–Kier alpha value is -2.43. The molecule has 1 aliphatic carbocycles. The Labute approximate surface area is 155 Å². The van der Waals surface area contributed by atoms with Crippen LogP contribution in [0.25, 0.3) is 0 Å². The van der Waals surface area contributed by atoms with Crippen LogP contribution in [0.4, 0.5) is 0 Å². The Kier molecular flexibility index (Phi) is 4.87. The molecular formula is C21H27N5. The van der Waals surface area contributed by atoms with E-state index >= 15 is 0 Å². The average Bonchev–Trinajstić information content (AvgIpc) is 3.34. The van der Waals surface area contributed by atoms with Crippen LogP contribution in [0.15, 0.2) is 75.2 Å². The van der Waals surface area contributed by atoms with Gasteiger partial charge in [-0.3, -0.25) is 10.4 Å². The Balaban J connectivity index is 1.57. The van der Waals surface area contributed by atoms with Crippen molar-refractivity contribution < 1.29 is 0 Å². The molecule has 5 nitrogen and oxygen atoms in total. The largest absolute Gasteiger partial charge is 0.380 e. The van der Waals surface area contributed by atoms with Gasteiger partial charge in [0.05, 0.1) is 12.1 Å². The molecule has 5 heteroatoms. The summed E-state index contributed by atoms with van der Waals surface area (Å²) in [5.41, 5.74) is 6.98. The summed E-state index contributed by atoms with van der Waals surface area (Å²) in [5, 5.41) is 12.0. The lowest BCUT2D eigenvalue weighted by Gasteiger charge is -2.29. The van der Waals surface area contributed by atoms with Crippen LogP contribution in [0, 0.1) is 11.8 Å². The molecule has 0 aromatic heterocycles. The van der Waals surface area contributed by atoms with Crippen molar-refractivity contribution in [2.24, 2.45) is 27.2 Å². The summed E-state index contributed by atoms with van der Waals surface area (Å²) in [7, 11) is 0. The van der Waals surface area contributed by atoms with Crippen molar-refractivity contribution in [3.05, 3.63) is 59.9 Å². The van der Waals surface area contributed by atoms with Gasteiger partial charge in [0.2, 0.25) is 0 Å². The van der Waals surface area contributed by atoms with E-state index in [1.54, 1.807) is 0 Å². The summed E-state index contributed by atoms with van der Waals surface area (Å²) in [5.74, 6) is 1.00. The Morgan fingerprint density at radius 3 is 3.12 bits per heavy atom. The second kappa shape index (κ2) is 7.44. The maximum absolute atomic E-state index is 4.44. The summed E-state index contributed by atoms with van der Waals surface area (Å²) in [6.45, 7) is 7.07. The highest BCUT2D eigenvalue weighted by atomic mass is 15.5. The third kappa shape index (κ3) is 3.18. The minimum absolute atomic E-state index is 0.00581. The van der Waals surface area contributed by atoms with Crippen LogP contribution in [0.3, 0.4) is 0 Å². The first kappa shape index (κ1) is 17.0. The lowest BCUT2D eigenvalue weighted by Crippen LogP contribution is -2.35. The third-order valence-corrected chi connectivity index (χ3v) is 5.63. The molecule has 0 aromatic rings. The van der Waals surface area contributed by atoms with Crippen molar-refractivity contribution in [3.63, 3.8) is 0 Å². The van der Waals surface area contributed by atoms with Crippen LogP contribution in [0.2, 0.25) is 0 Å². The number of allylic oxidation sites excluding steroid dienone is 1. The van der Waals surface area contributed by atoms with E-state index in [2.05, 4.69) is 76.3 Å². The first-order valence-electron chi connectivity index (χ1n) is 9.65. The van der Waals surface area contributed by atoms with E-state index < -0.39 is 0 Å². The number of unbranched alkanes of at least 4 members (excludes halogenated alkanes) is 1. The fourth-order valence-corrected chi connectivity index (χ4v) is 4.03. The number of hydrogen-bond acceptors (Lipinski definition) is 5. The number of nitrogens with one attached hydrogen (secondary N) is 2. The molecule has 0 saturated carbocycles. The van der Waals surface area contributed by atoms with Crippen molar-refractivity contribution in [3.8, 4) is 0 Å². The maximum Gasteiger partial charge on any atom is 0.125 e. The van der Waals surface area contributed by atoms with Crippen molar-refractivity contribution in [2.75, 3.05) is 6.54 Å². The molecule has 5 unspecified atom stereocenters. The molecule has 3 heterocycles. The standard InChI is InChI=1S/C21H27N5/c1-3-5-6-14-10-20(15-7-8-16-11-22-12-17(16)9-15)23-13-18(14)21-19(4-2)24-26-25-21/h4,7-10,12-13,16-17,19-21,23H,2-3,5-6,11H2,1H3,(H,24,25). The maximum atomic E-state index is 4.44. The monoisotopic (exact) mass is 349 g/mol. The molecule has 4 aliphatic rings. The van der Waals surface area contributed by atoms with Gasteiger partial charge in [-0.25, -0.2) is 0 Å². The summed E-state index contributed by atoms with van der Waals surface area (Å²) in [6, 6.07) is 0.283. The molecule has 5 atom stereocenters. The van der Waals surface area contributed by atoms with Gasteiger partial charge in [-0.2, -0.15) is 5.11 Å². The number of aliphatic imine (C=N–C) groups is 1. The molecule has 136 valence electrons. The van der Waals surface area contributed by atoms with Crippen LogP contribution in [-0.4, -0.2) is 30.9 Å². The molecule has 0 amide bonds. The van der Waals surface area contributed by atoms with Crippen LogP contribution in [0.5, 0.6) is 0 Å². The second-order valence-corrected chi connectivity index (χ2v) is 7.37. The quantitative estimate of drug-likeness (QED) is 0.719. The minimum atomic E-state index is 0.00581. The van der Waals surface area contributed by atoms with Crippen LogP contribution in [-0.2, 0) is 0 Å². The van der Waals surface area contributed by atoms with Gasteiger partial charge in [0.25, 0.3) is 0 Å². The molecule has 2 N–H and O–H groups in total. The molecule has 3 aliphatic heterocycles. The first-order chi connectivity index (χ1) is 12.8. The fraction of sp³-hybridized carbons (Fsp3) is 0.476. The molecule has 0 bridgehead atoms. The topological polar surface area (TPSA) is 61.1 Å². The average molecular weight is 349 g/mol. The smallest absolute Gasteiger partial charge is 0.125 e. The number of hydrogen-bond donors (Lipinski definition) is 2. The lowest BCUT2D eigenvalue weighted by molar-refractivity contribution is 0.613. The summed E-state index contributed by atoms with van der Waals surface area (Å²) < 4.78 is 0. The third-order valence-electron chi connectivity index (χ3n) is 5.63. The normalized spacial score (nSPS) is 34.5. The van der Waals surface area contributed by atoms with E-state index in [9.17, 15) is 0 Å². The van der Waals surface area contributed by atoms with Crippen molar-refractivity contribution in [1.82, 2.24) is 10.7 Å². The molecule has 26 heavy (non-hydrogen) atoms. The highest BCUT2D eigenvalue weighted by molar-refractivity contribution is 5.68. The number of fused-ring (bicyclic) bond motifs is 1. The van der Waals surface area contributed by atoms with Gasteiger partial charge < -0.3 is 5.32 Å². The first-order valence-corrected chi connectivity index (χ1v) is 9.65. The minimum Gasteiger partial charge on any atom is -0.380 e. The van der Waals surface area contributed by atoms with Crippen molar-refractivity contribution in [2.45, 2.75) is 44.3 Å². The summed E-state index contributed by atoms with van der Waals surface area (Å²) in [6.07, 6.45) is 18.9. The zero-order valence-electron chi connectivity index (χ0n) is 15.3. The molecular weight excluding hydrogens is 322 g/mol. The van der Waals surface area contributed by atoms with Gasteiger partial charge in [-0.05, 0) is 29.6 Å². The molecule has 4 rings (SSSR count). The van der Waals surface area contributed by atoms with Crippen LogP contribution in [0.1, 0.15) is 26.2 Å². The molecule has 0 fully saturated rings. The SMILES string of the molecule is C=CC1NN=NC1C1=CNC(C2=CC3C=NCC3C=C2)C=C1CCCC. The lowest BCUT2D eigenvalue weighted by atomic mass is 9.83. The van der Waals surface area contributed by atoms with E-state index in [1.807, 2.05) is 6.08 Å². The Bertz CT molecular complexity index is 740. The molecule has 0 saturated heterocycles. The Morgan fingerprint density at radius 2 is 2.27 bits per heavy atom. The molecule has 0 aromatic carbocycles. The van der Waals surface area contributed by atoms with E-state index in [0.717, 1.165) is 13.0 Å². The van der Waals surface area contributed by atoms with E-state index in [0.29, 0.717) is 11.8 Å². The summed E-state index contributed by atoms with van der Waals surface area (Å²) >= 11 is 0. The van der Waals surface area contributed by atoms with Gasteiger partial charge in [0.1, 0.15) is 6.04 Å². The van der Waals surface area contributed by atoms with Crippen molar-refractivity contribution >= 4 is 6.21 Å². The fourth-order valence-electron chi connectivity index (χ4n) is 4.03. The highest BCUT2D eigenvalue weighted by Gasteiger charge is 2.32. The second-order valence-electron chi connectivity index (χ2n) is 7.37. The predicted octanol–water partition coefficient (Wildman–Crippen LogP) is 3.67. The van der Waals surface area contributed by atoms with Gasteiger partial charge in [-0.1, -0.05) is 48.9 Å². The van der Waals surface area contributed by atoms with E-state index in [4.69, 9.17) is 0 Å². The highest BCUT2D eigenvalue weighted by Crippen LogP contribution is 2.33. The van der Waals surface area contributed by atoms with Gasteiger partial charge in [-0.15, -0.1) is 6.58 Å². The van der Waals surface area contributed by atoms with Gasteiger partial charge >= 0.3 is 0 Å². The van der Waals surface area contributed by atoms with E-state index in [1.165, 1.54) is 29.6 Å². The van der Waals surface area contributed by atoms with Crippen LogP contribution >= 0.6 is 0 Å².